The summed E-state index contributed by atoms with van der Waals surface area (Å²) in [7, 11) is -4.31. The van der Waals surface area contributed by atoms with Gasteiger partial charge in [-0.2, -0.15) is 8.42 Å². The first-order chi connectivity index (χ1) is 6.37. The molecule has 5 heteroatoms. The Morgan fingerprint density at radius 1 is 1.29 bits per heavy atom. The van der Waals surface area contributed by atoms with Crippen LogP contribution in [-0.2, 0) is 14.6 Å². The van der Waals surface area contributed by atoms with Crippen LogP contribution in [0.15, 0.2) is 0 Å². The van der Waals surface area contributed by atoms with Gasteiger partial charge < -0.3 is 0 Å². The fourth-order valence-electron chi connectivity index (χ4n) is 1.24. The summed E-state index contributed by atoms with van der Waals surface area (Å²) >= 11 is 0. The number of hydrogen-bond donors (Lipinski definition) is 1. The molecule has 86 valence electrons. The fraction of sp³-hybridized carbons (Fsp3) is 1.00. The number of rotatable bonds is 7. The molecule has 4 nitrogen and oxygen atoms in total. The van der Waals surface area contributed by atoms with Gasteiger partial charge in [0.15, 0.2) is 0 Å². The van der Waals surface area contributed by atoms with E-state index in [0.717, 1.165) is 19.3 Å². The minimum atomic E-state index is -4.31. The third-order valence-corrected chi connectivity index (χ3v) is 2.57. The van der Waals surface area contributed by atoms with Crippen molar-refractivity contribution >= 4 is 10.4 Å². The molecule has 0 spiro atoms. The van der Waals surface area contributed by atoms with Crippen molar-refractivity contribution in [3.63, 3.8) is 0 Å². The molecule has 0 bridgehead atoms. The van der Waals surface area contributed by atoms with E-state index in [9.17, 15) is 8.42 Å². The van der Waals surface area contributed by atoms with E-state index in [2.05, 4.69) is 11.1 Å². The molecule has 0 aromatic rings. The first-order valence-corrected chi connectivity index (χ1v) is 6.39. The smallest absolute Gasteiger partial charge is 0.264 e. The Balaban J connectivity index is 4.04. The topological polar surface area (TPSA) is 63.6 Å². The monoisotopic (exact) mass is 224 g/mol. The summed E-state index contributed by atoms with van der Waals surface area (Å²) in [6, 6.07) is 0. The molecule has 0 rings (SSSR count). The fourth-order valence-corrected chi connectivity index (χ4v) is 1.88. The second kappa shape index (κ2) is 6.37. The van der Waals surface area contributed by atoms with Gasteiger partial charge in [-0.3, -0.25) is 4.55 Å². The zero-order valence-electron chi connectivity index (χ0n) is 9.06. The van der Waals surface area contributed by atoms with E-state index in [4.69, 9.17) is 4.55 Å². The van der Waals surface area contributed by atoms with Gasteiger partial charge in [0, 0.05) is 0 Å². The molecule has 0 amide bonds. The van der Waals surface area contributed by atoms with Crippen molar-refractivity contribution in [2.24, 2.45) is 5.92 Å². The van der Waals surface area contributed by atoms with Gasteiger partial charge in [-0.1, -0.05) is 40.0 Å². The third-order valence-electron chi connectivity index (χ3n) is 2.08. The van der Waals surface area contributed by atoms with Crippen molar-refractivity contribution in [2.75, 3.05) is 0 Å². The Morgan fingerprint density at radius 2 is 1.86 bits per heavy atom. The van der Waals surface area contributed by atoms with Gasteiger partial charge in [-0.05, 0) is 12.3 Å². The third kappa shape index (κ3) is 7.29. The van der Waals surface area contributed by atoms with Crippen LogP contribution in [0.3, 0.4) is 0 Å². The van der Waals surface area contributed by atoms with Crippen molar-refractivity contribution in [2.45, 2.75) is 52.6 Å². The highest BCUT2D eigenvalue weighted by Crippen LogP contribution is 2.16. The lowest BCUT2D eigenvalue weighted by Crippen LogP contribution is -2.23. The Kier molecular flexibility index (Phi) is 6.31. The lowest BCUT2D eigenvalue weighted by molar-refractivity contribution is 0.127. The van der Waals surface area contributed by atoms with Crippen LogP contribution >= 0.6 is 0 Å². The Morgan fingerprint density at radius 3 is 2.21 bits per heavy atom. The van der Waals surface area contributed by atoms with E-state index in [1.54, 1.807) is 0 Å². The summed E-state index contributed by atoms with van der Waals surface area (Å²) < 4.78 is 34.1. The molecule has 1 N–H and O–H groups in total. The van der Waals surface area contributed by atoms with Gasteiger partial charge in [0.25, 0.3) is 0 Å². The molecular formula is C9H20O4S. The SMILES string of the molecule is CCCCCC(OS(=O)(=O)O)C(C)C. The Hall–Kier alpha value is -0.130. The maximum absolute atomic E-state index is 10.5. The zero-order valence-corrected chi connectivity index (χ0v) is 9.88. The van der Waals surface area contributed by atoms with Crippen LogP contribution in [0.5, 0.6) is 0 Å². The highest BCUT2D eigenvalue weighted by molar-refractivity contribution is 7.80. The van der Waals surface area contributed by atoms with Crippen LogP contribution in [0.2, 0.25) is 0 Å². The van der Waals surface area contributed by atoms with Gasteiger partial charge in [-0.25, -0.2) is 4.18 Å². The molecule has 0 aliphatic carbocycles. The standard InChI is InChI=1S/C9H20O4S/c1-4-5-6-7-9(8(2)3)13-14(10,11)12/h8-9H,4-7H2,1-3H3,(H,10,11,12). The van der Waals surface area contributed by atoms with Crippen LogP contribution in [0.1, 0.15) is 46.5 Å². The van der Waals surface area contributed by atoms with E-state index in [-0.39, 0.29) is 5.92 Å². The lowest BCUT2D eigenvalue weighted by atomic mass is 10.0. The van der Waals surface area contributed by atoms with E-state index in [1.165, 1.54) is 0 Å². The summed E-state index contributed by atoms with van der Waals surface area (Å²) in [5.74, 6) is 0.0915. The van der Waals surface area contributed by atoms with E-state index in [1.807, 2.05) is 13.8 Å². The second-order valence-corrected chi connectivity index (χ2v) is 4.85. The average Bonchev–Trinajstić information content (AvgIpc) is 2.00. The van der Waals surface area contributed by atoms with Crippen LogP contribution in [0.4, 0.5) is 0 Å². The minimum Gasteiger partial charge on any atom is -0.264 e. The molecule has 1 unspecified atom stereocenters. The summed E-state index contributed by atoms with van der Waals surface area (Å²) in [5, 5.41) is 0. The van der Waals surface area contributed by atoms with Crippen LogP contribution in [-0.4, -0.2) is 19.1 Å². The van der Waals surface area contributed by atoms with Crippen molar-refractivity contribution < 1.29 is 17.2 Å². The summed E-state index contributed by atoms with van der Waals surface area (Å²) in [6.07, 6.45) is 3.33. The van der Waals surface area contributed by atoms with Gasteiger partial charge in [0.1, 0.15) is 0 Å². The van der Waals surface area contributed by atoms with Crippen molar-refractivity contribution in [1.29, 1.82) is 0 Å². The highest BCUT2D eigenvalue weighted by atomic mass is 32.3. The largest absolute Gasteiger partial charge is 0.397 e. The molecule has 0 heterocycles. The normalized spacial score (nSPS) is 14.6. The van der Waals surface area contributed by atoms with E-state index in [0.29, 0.717) is 6.42 Å². The number of unbranched alkanes of at least 4 members (excludes halogenated alkanes) is 2. The predicted molar refractivity (Wildman–Crippen MR) is 55.4 cm³/mol. The van der Waals surface area contributed by atoms with E-state index < -0.39 is 16.5 Å². The molecule has 1 atom stereocenters. The quantitative estimate of drug-likeness (QED) is 0.533. The van der Waals surface area contributed by atoms with Crippen LogP contribution in [0.25, 0.3) is 0 Å². The maximum Gasteiger partial charge on any atom is 0.397 e. The van der Waals surface area contributed by atoms with E-state index >= 15 is 0 Å². The molecule has 14 heavy (non-hydrogen) atoms. The molecule has 0 aromatic heterocycles. The van der Waals surface area contributed by atoms with Crippen LogP contribution in [0, 0.1) is 5.92 Å². The maximum atomic E-state index is 10.5. The van der Waals surface area contributed by atoms with Crippen LogP contribution < -0.4 is 0 Å². The Bertz CT molecular complexity index is 233. The minimum absolute atomic E-state index is 0.0915. The Labute approximate surface area is 86.6 Å². The first-order valence-electron chi connectivity index (χ1n) is 5.02. The van der Waals surface area contributed by atoms with Gasteiger partial charge >= 0.3 is 10.4 Å². The van der Waals surface area contributed by atoms with Crippen molar-refractivity contribution in [1.82, 2.24) is 0 Å². The molecule has 0 aliphatic heterocycles. The lowest BCUT2D eigenvalue weighted by Gasteiger charge is -2.18. The first kappa shape index (κ1) is 13.9. The molecule has 0 saturated carbocycles. The second-order valence-electron chi connectivity index (χ2n) is 3.80. The molecule has 0 aliphatic rings. The molecular weight excluding hydrogens is 204 g/mol. The van der Waals surface area contributed by atoms with Gasteiger partial charge in [0.05, 0.1) is 6.10 Å². The molecule has 0 radical (unpaired) electrons. The number of hydrogen-bond acceptors (Lipinski definition) is 3. The van der Waals surface area contributed by atoms with Crippen molar-refractivity contribution in [3.05, 3.63) is 0 Å². The predicted octanol–water partition coefficient (Wildman–Crippen LogP) is 2.41. The zero-order chi connectivity index (χ0) is 11.2. The molecule has 0 aromatic carbocycles. The summed E-state index contributed by atoms with van der Waals surface area (Å²) in [5.41, 5.74) is 0. The van der Waals surface area contributed by atoms with Crippen molar-refractivity contribution in [3.8, 4) is 0 Å². The highest BCUT2D eigenvalue weighted by Gasteiger charge is 2.19. The van der Waals surface area contributed by atoms with Gasteiger partial charge in [0.2, 0.25) is 0 Å². The van der Waals surface area contributed by atoms with Gasteiger partial charge in [-0.15, -0.1) is 0 Å². The summed E-state index contributed by atoms with van der Waals surface area (Å²) in [6.45, 7) is 5.83. The average molecular weight is 224 g/mol. The molecule has 0 saturated heterocycles. The summed E-state index contributed by atoms with van der Waals surface area (Å²) in [4.78, 5) is 0. The molecule has 0 fully saturated rings.